The molecule has 1 aliphatic heterocycles. The number of carbonyl (C=O) groups is 3. The van der Waals surface area contributed by atoms with Gasteiger partial charge in [-0.1, -0.05) is 11.6 Å². The molecule has 3 rings (SSSR count). The van der Waals surface area contributed by atoms with E-state index in [1.54, 1.807) is 24.3 Å². The lowest BCUT2D eigenvalue weighted by atomic mass is 10.0. The van der Waals surface area contributed by atoms with Crippen LogP contribution in [0.4, 0.5) is 20.3 Å². The van der Waals surface area contributed by atoms with Crippen molar-refractivity contribution in [3.05, 3.63) is 45.3 Å². The van der Waals surface area contributed by atoms with Gasteiger partial charge < -0.3 is 21.1 Å². The maximum atomic E-state index is 12.5. The fourth-order valence-corrected chi connectivity index (χ4v) is 5.02. The number of urea groups is 1. The predicted octanol–water partition coefficient (Wildman–Crippen LogP) is 4.42. The zero-order valence-electron chi connectivity index (χ0n) is 19.5. The third-order valence-electron chi connectivity index (χ3n) is 5.03. The van der Waals surface area contributed by atoms with Crippen molar-refractivity contribution in [3.8, 4) is 0 Å². The lowest BCUT2D eigenvalue weighted by Crippen LogP contribution is -2.36. The van der Waals surface area contributed by atoms with Crippen LogP contribution in [0.25, 0.3) is 0 Å². The number of amides is 4. The number of ether oxygens (including phenoxy) is 1. The van der Waals surface area contributed by atoms with E-state index in [0.29, 0.717) is 40.8 Å². The van der Waals surface area contributed by atoms with Gasteiger partial charge in [-0.15, -0.1) is 11.3 Å². The van der Waals surface area contributed by atoms with Gasteiger partial charge in [0.25, 0.3) is 5.91 Å². The molecule has 34 heavy (non-hydrogen) atoms. The Hall–Kier alpha value is -2.82. The molecule has 184 valence electrons. The first-order valence-electron chi connectivity index (χ1n) is 11.0. The van der Waals surface area contributed by atoms with Crippen molar-refractivity contribution in [1.82, 2.24) is 10.2 Å². The molecule has 0 atom stereocenters. The number of nitrogens with zero attached hydrogens (tertiary/aromatic N) is 1. The van der Waals surface area contributed by atoms with Crippen LogP contribution in [-0.4, -0.2) is 48.2 Å². The number of nitrogens with one attached hydrogen (secondary N) is 3. The molecule has 5 N–H and O–H groups in total. The Morgan fingerprint density at radius 2 is 1.88 bits per heavy atom. The van der Waals surface area contributed by atoms with Crippen molar-refractivity contribution in [2.45, 2.75) is 45.8 Å². The minimum Gasteiger partial charge on any atom is -0.444 e. The highest BCUT2D eigenvalue weighted by Crippen LogP contribution is 2.37. The summed E-state index contributed by atoms with van der Waals surface area (Å²) in [5, 5.41) is 9.26. The second kappa shape index (κ2) is 11.1. The Labute approximate surface area is 208 Å². The summed E-state index contributed by atoms with van der Waals surface area (Å²) in [6.07, 6.45) is 0.992. The van der Waals surface area contributed by atoms with Gasteiger partial charge in [0.2, 0.25) is 0 Å². The van der Waals surface area contributed by atoms with Gasteiger partial charge in [0.1, 0.15) is 10.6 Å². The summed E-state index contributed by atoms with van der Waals surface area (Å²) < 4.78 is 5.24. The van der Waals surface area contributed by atoms with Crippen LogP contribution in [0.3, 0.4) is 0 Å². The summed E-state index contributed by atoms with van der Waals surface area (Å²) in [5.74, 6) is -0.561. The molecule has 11 heteroatoms. The van der Waals surface area contributed by atoms with Crippen LogP contribution in [0.5, 0.6) is 0 Å². The van der Waals surface area contributed by atoms with Crippen molar-refractivity contribution >= 4 is 51.7 Å². The van der Waals surface area contributed by atoms with Gasteiger partial charge >= 0.3 is 12.1 Å². The summed E-state index contributed by atoms with van der Waals surface area (Å²) in [6, 6.07) is 6.26. The van der Waals surface area contributed by atoms with Crippen LogP contribution in [0, 0.1) is 0 Å². The summed E-state index contributed by atoms with van der Waals surface area (Å²) in [4.78, 5) is 39.7. The third kappa shape index (κ3) is 7.34. The first kappa shape index (κ1) is 25.8. The minimum atomic E-state index is -0.561. The van der Waals surface area contributed by atoms with Crippen molar-refractivity contribution in [3.63, 3.8) is 0 Å². The molecule has 0 unspecified atom stereocenters. The number of rotatable bonds is 7. The van der Waals surface area contributed by atoms with E-state index in [1.165, 1.54) is 11.3 Å². The summed E-state index contributed by atoms with van der Waals surface area (Å²) in [5.41, 5.74) is 6.97. The SMILES string of the molecule is CC(C)(C)OC(=O)NCCCN1CCc2c(sc(NC(=O)Nc3ccc(Cl)cc3)c2C(N)=O)C1. The van der Waals surface area contributed by atoms with Crippen LogP contribution in [0.2, 0.25) is 5.02 Å². The summed E-state index contributed by atoms with van der Waals surface area (Å²) >= 11 is 7.23. The molecule has 0 saturated heterocycles. The standard InChI is InChI=1S/C23H30ClN5O4S/c1-23(2,3)33-22(32)26-10-4-11-29-12-9-16-17(13-29)34-20(18(16)19(25)30)28-21(31)27-15-7-5-14(24)6-8-15/h5-8H,4,9-13H2,1-3H3,(H2,25,30)(H,26,32)(H2,27,28,31). The number of alkyl carbamates (subject to hydrolysis) is 1. The third-order valence-corrected chi connectivity index (χ3v) is 6.42. The van der Waals surface area contributed by atoms with Crippen LogP contribution in [0.1, 0.15) is 48.0 Å². The number of benzene rings is 1. The average molecular weight is 508 g/mol. The Morgan fingerprint density at radius 3 is 2.53 bits per heavy atom. The fourth-order valence-electron chi connectivity index (χ4n) is 3.60. The number of thiophene rings is 1. The second-order valence-corrected chi connectivity index (χ2v) is 10.5. The number of nitrogens with two attached hydrogens (primary N) is 1. The Kier molecular flexibility index (Phi) is 8.40. The van der Waals surface area contributed by atoms with E-state index in [9.17, 15) is 14.4 Å². The Balaban J connectivity index is 1.57. The molecular weight excluding hydrogens is 478 g/mol. The number of hydrogen-bond acceptors (Lipinski definition) is 6. The molecule has 0 aliphatic carbocycles. The molecule has 2 heterocycles. The van der Waals surface area contributed by atoms with Gasteiger partial charge in [-0.25, -0.2) is 9.59 Å². The van der Waals surface area contributed by atoms with Crippen LogP contribution >= 0.6 is 22.9 Å². The van der Waals surface area contributed by atoms with E-state index >= 15 is 0 Å². The minimum absolute atomic E-state index is 0.373. The molecule has 0 radical (unpaired) electrons. The van der Waals surface area contributed by atoms with E-state index in [-0.39, 0.29) is 0 Å². The van der Waals surface area contributed by atoms with E-state index in [2.05, 4.69) is 20.9 Å². The first-order chi connectivity index (χ1) is 16.0. The molecule has 2 aromatic rings. The van der Waals surface area contributed by atoms with Gasteiger partial charge in [0, 0.05) is 41.8 Å². The lowest BCUT2D eigenvalue weighted by molar-refractivity contribution is 0.0525. The highest BCUT2D eigenvalue weighted by Gasteiger charge is 2.27. The number of fused-ring (bicyclic) bond motifs is 1. The van der Waals surface area contributed by atoms with Gasteiger partial charge in [-0.05, 0) is 63.4 Å². The molecule has 1 aromatic carbocycles. The van der Waals surface area contributed by atoms with Gasteiger partial charge in [0.05, 0.1) is 5.56 Å². The summed E-state index contributed by atoms with van der Waals surface area (Å²) in [7, 11) is 0. The molecule has 1 aliphatic rings. The quantitative estimate of drug-likeness (QED) is 0.413. The van der Waals surface area contributed by atoms with Crippen molar-refractivity contribution < 1.29 is 19.1 Å². The Bertz CT molecular complexity index is 1050. The fraction of sp³-hybridized carbons (Fsp3) is 0.435. The molecule has 0 saturated carbocycles. The van der Waals surface area contributed by atoms with E-state index in [0.717, 1.165) is 30.0 Å². The van der Waals surface area contributed by atoms with Crippen LogP contribution < -0.4 is 21.7 Å². The largest absolute Gasteiger partial charge is 0.444 e. The topological polar surface area (TPSA) is 126 Å². The molecule has 4 amide bonds. The van der Waals surface area contributed by atoms with Crippen molar-refractivity contribution in [1.29, 1.82) is 0 Å². The molecule has 0 spiro atoms. The number of anilines is 2. The van der Waals surface area contributed by atoms with Crippen molar-refractivity contribution in [2.24, 2.45) is 5.73 Å². The number of carbonyl (C=O) groups excluding carboxylic acids is 3. The van der Waals surface area contributed by atoms with E-state index < -0.39 is 23.6 Å². The summed E-state index contributed by atoms with van der Waals surface area (Å²) in [6.45, 7) is 8.16. The zero-order valence-corrected chi connectivity index (χ0v) is 21.1. The smallest absolute Gasteiger partial charge is 0.407 e. The van der Waals surface area contributed by atoms with Crippen LogP contribution in [0.15, 0.2) is 24.3 Å². The van der Waals surface area contributed by atoms with E-state index in [1.807, 2.05) is 20.8 Å². The monoisotopic (exact) mass is 507 g/mol. The second-order valence-electron chi connectivity index (χ2n) is 8.97. The highest BCUT2D eigenvalue weighted by molar-refractivity contribution is 7.17. The molecule has 1 aromatic heterocycles. The highest BCUT2D eigenvalue weighted by atomic mass is 35.5. The maximum Gasteiger partial charge on any atom is 0.407 e. The molecule has 0 fully saturated rings. The predicted molar refractivity (Wildman–Crippen MR) is 135 cm³/mol. The number of hydrogen-bond donors (Lipinski definition) is 4. The van der Waals surface area contributed by atoms with Gasteiger partial charge in [0.15, 0.2) is 0 Å². The van der Waals surface area contributed by atoms with Crippen LogP contribution in [-0.2, 0) is 17.7 Å². The Morgan fingerprint density at radius 1 is 1.18 bits per heavy atom. The lowest BCUT2D eigenvalue weighted by Gasteiger charge is -2.27. The maximum absolute atomic E-state index is 12.5. The number of primary amides is 1. The van der Waals surface area contributed by atoms with Crippen molar-refractivity contribution in [2.75, 3.05) is 30.3 Å². The number of halogens is 1. The first-order valence-corrected chi connectivity index (χ1v) is 12.2. The normalized spacial score (nSPS) is 13.6. The average Bonchev–Trinajstić information content (AvgIpc) is 3.08. The molecular formula is C23H30ClN5O4S. The van der Waals surface area contributed by atoms with Gasteiger partial charge in [-0.3, -0.25) is 15.0 Å². The van der Waals surface area contributed by atoms with Gasteiger partial charge in [-0.2, -0.15) is 0 Å². The molecule has 0 bridgehead atoms. The zero-order chi connectivity index (χ0) is 24.9. The molecule has 9 nitrogen and oxygen atoms in total. The van der Waals surface area contributed by atoms with E-state index in [4.69, 9.17) is 22.1 Å².